The molecule has 10 nitrogen and oxygen atoms in total. The van der Waals surface area contributed by atoms with Gasteiger partial charge in [0.15, 0.2) is 0 Å². The van der Waals surface area contributed by atoms with Crippen LogP contribution in [0.4, 0.5) is 15.3 Å². The number of nitrogens with zero attached hydrogens (tertiary/aromatic N) is 2. The standard InChI is InChI=1S/C30H36Cl3N5O5/c1-2-14-38-26(39)24(10-6-7-13-34-29(42)43-19-20-8-4-3-5-9-20)35-27(40)30(38)11-15-37(16-12-30)28(41)36-25-22(32)17-21(31)18-23(25)33/h3-5,8-9,17-18,24H,2,6-7,10-16,19H2,1H3,(H,34,42)(H,35,40)(H,36,41)/t24-/m0/s1. The molecule has 43 heavy (non-hydrogen) atoms. The van der Waals surface area contributed by atoms with E-state index in [9.17, 15) is 19.2 Å². The lowest BCUT2D eigenvalue weighted by Gasteiger charge is -2.51. The number of benzene rings is 2. The highest BCUT2D eigenvalue weighted by Gasteiger charge is 2.53. The number of piperidine rings is 1. The van der Waals surface area contributed by atoms with Crippen LogP contribution in [0.25, 0.3) is 0 Å². The quantitative estimate of drug-likeness (QED) is 0.278. The van der Waals surface area contributed by atoms with Gasteiger partial charge in [0.05, 0.1) is 15.7 Å². The molecular weight excluding hydrogens is 617 g/mol. The Hall–Kier alpha value is -3.21. The molecule has 0 aromatic heterocycles. The highest BCUT2D eigenvalue weighted by molar-refractivity contribution is 6.42. The second kappa shape index (κ2) is 15.0. The Morgan fingerprint density at radius 1 is 1.05 bits per heavy atom. The van der Waals surface area contributed by atoms with Crippen LogP contribution >= 0.6 is 34.8 Å². The third-order valence-corrected chi connectivity index (χ3v) is 8.59. The summed E-state index contributed by atoms with van der Waals surface area (Å²) >= 11 is 18.4. The third kappa shape index (κ3) is 8.04. The van der Waals surface area contributed by atoms with Crippen molar-refractivity contribution in [3.05, 3.63) is 63.1 Å². The lowest BCUT2D eigenvalue weighted by Crippen LogP contribution is -2.73. The van der Waals surface area contributed by atoms with Gasteiger partial charge in [-0.3, -0.25) is 9.59 Å². The first-order chi connectivity index (χ1) is 20.6. The van der Waals surface area contributed by atoms with E-state index in [-0.39, 0.29) is 47.2 Å². The van der Waals surface area contributed by atoms with Gasteiger partial charge in [-0.05, 0) is 56.2 Å². The maximum absolute atomic E-state index is 13.6. The van der Waals surface area contributed by atoms with Crippen LogP contribution in [-0.2, 0) is 20.9 Å². The first-order valence-corrected chi connectivity index (χ1v) is 15.6. The number of alkyl carbamates (subject to hydrolysis) is 1. The number of halogens is 3. The van der Waals surface area contributed by atoms with Gasteiger partial charge in [-0.15, -0.1) is 0 Å². The van der Waals surface area contributed by atoms with Gasteiger partial charge in [0.1, 0.15) is 18.2 Å². The number of nitrogens with one attached hydrogen (secondary N) is 3. The second-order valence-electron chi connectivity index (χ2n) is 10.7. The number of amides is 5. The van der Waals surface area contributed by atoms with Crippen molar-refractivity contribution in [1.82, 2.24) is 20.4 Å². The first-order valence-electron chi connectivity index (χ1n) is 14.4. The number of hydrogen-bond acceptors (Lipinski definition) is 5. The number of urea groups is 1. The summed E-state index contributed by atoms with van der Waals surface area (Å²) in [5, 5.41) is 9.19. The van der Waals surface area contributed by atoms with Crippen molar-refractivity contribution in [2.75, 3.05) is 31.5 Å². The molecule has 3 N–H and O–H groups in total. The summed E-state index contributed by atoms with van der Waals surface area (Å²) in [6, 6.07) is 11.4. The summed E-state index contributed by atoms with van der Waals surface area (Å²) in [5.41, 5.74) is 0.152. The number of rotatable bonds is 10. The lowest BCUT2D eigenvalue weighted by atomic mass is 9.81. The van der Waals surface area contributed by atoms with Crippen molar-refractivity contribution >= 4 is 64.4 Å². The molecule has 2 aliphatic rings. The first kappa shape index (κ1) is 32.7. The minimum Gasteiger partial charge on any atom is -0.445 e. The monoisotopic (exact) mass is 651 g/mol. The van der Waals surface area contributed by atoms with E-state index in [1.165, 1.54) is 12.1 Å². The summed E-state index contributed by atoms with van der Waals surface area (Å²) in [7, 11) is 0. The molecule has 13 heteroatoms. The average molecular weight is 653 g/mol. The van der Waals surface area contributed by atoms with Crippen LogP contribution in [0.15, 0.2) is 42.5 Å². The molecule has 1 atom stereocenters. The molecule has 0 bridgehead atoms. The Kier molecular flexibility index (Phi) is 11.4. The van der Waals surface area contributed by atoms with E-state index in [1.54, 1.807) is 9.80 Å². The summed E-state index contributed by atoms with van der Waals surface area (Å²) < 4.78 is 5.21. The van der Waals surface area contributed by atoms with Crippen LogP contribution in [0.3, 0.4) is 0 Å². The van der Waals surface area contributed by atoms with Gasteiger partial charge in [-0.25, -0.2) is 9.59 Å². The van der Waals surface area contributed by atoms with Crippen LogP contribution in [0.2, 0.25) is 15.1 Å². The highest BCUT2D eigenvalue weighted by atomic mass is 35.5. The topological polar surface area (TPSA) is 120 Å². The Bertz CT molecular complexity index is 1300. The molecule has 1 spiro atoms. The number of unbranched alkanes of at least 4 members (excludes halogenated alkanes) is 1. The molecule has 5 amide bonds. The van der Waals surface area contributed by atoms with Gasteiger partial charge >= 0.3 is 12.1 Å². The molecule has 4 rings (SSSR count). The highest BCUT2D eigenvalue weighted by Crippen LogP contribution is 2.36. The second-order valence-corrected chi connectivity index (χ2v) is 11.9. The maximum Gasteiger partial charge on any atom is 0.407 e. The summed E-state index contributed by atoms with van der Waals surface area (Å²) in [6.07, 6.45) is 2.53. The van der Waals surface area contributed by atoms with Crippen LogP contribution < -0.4 is 16.0 Å². The molecule has 2 heterocycles. The number of ether oxygens (including phenoxy) is 1. The van der Waals surface area contributed by atoms with Crippen LogP contribution in [-0.4, -0.2) is 71.5 Å². The molecule has 2 fully saturated rings. The molecule has 0 aliphatic carbocycles. The minimum atomic E-state index is -1.01. The molecule has 0 unspecified atom stereocenters. The molecule has 2 aliphatic heterocycles. The third-order valence-electron chi connectivity index (χ3n) is 7.77. The summed E-state index contributed by atoms with van der Waals surface area (Å²) in [5.74, 6) is -0.314. The predicted molar refractivity (Wildman–Crippen MR) is 166 cm³/mol. The minimum absolute atomic E-state index is 0.116. The molecule has 2 saturated heterocycles. The number of likely N-dealkylation sites (tertiary alicyclic amines) is 1. The Morgan fingerprint density at radius 2 is 1.72 bits per heavy atom. The fourth-order valence-corrected chi connectivity index (χ4v) is 6.39. The van der Waals surface area contributed by atoms with E-state index in [2.05, 4.69) is 16.0 Å². The predicted octanol–water partition coefficient (Wildman–Crippen LogP) is 5.85. The average Bonchev–Trinajstić information content (AvgIpc) is 2.99. The van der Waals surface area contributed by atoms with E-state index < -0.39 is 23.7 Å². The van der Waals surface area contributed by atoms with Crippen molar-refractivity contribution in [3.63, 3.8) is 0 Å². The van der Waals surface area contributed by atoms with Gasteiger partial charge in [0.25, 0.3) is 0 Å². The van der Waals surface area contributed by atoms with Gasteiger partial charge in [0, 0.05) is 31.2 Å². The number of hydrogen-bond donors (Lipinski definition) is 3. The number of anilines is 1. The van der Waals surface area contributed by atoms with Gasteiger partial charge in [-0.2, -0.15) is 0 Å². The number of carbonyl (C=O) groups is 4. The normalized spacial score (nSPS) is 17.9. The van der Waals surface area contributed by atoms with E-state index >= 15 is 0 Å². The largest absolute Gasteiger partial charge is 0.445 e. The smallest absolute Gasteiger partial charge is 0.407 e. The van der Waals surface area contributed by atoms with Gasteiger partial charge in [-0.1, -0.05) is 72.1 Å². The van der Waals surface area contributed by atoms with Crippen molar-refractivity contribution in [2.45, 2.75) is 63.6 Å². The zero-order valence-electron chi connectivity index (χ0n) is 24.0. The van der Waals surface area contributed by atoms with Gasteiger partial charge in [0.2, 0.25) is 11.8 Å². The van der Waals surface area contributed by atoms with E-state index in [0.29, 0.717) is 56.6 Å². The molecule has 2 aromatic carbocycles. The van der Waals surface area contributed by atoms with Crippen LogP contribution in [0, 0.1) is 0 Å². The van der Waals surface area contributed by atoms with Crippen molar-refractivity contribution in [1.29, 1.82) is 0 Å². The zero-order chi connectivity index (χ0) is 31.0. The Balaban J connectivity index is 1.26. The Morgan fingerprint density at radius 3 is 2.37 bits per heavy atom. The molecule has 2 aromatic rings. The molecule has 0 saturated carbocycles. The zero-order valence-corrected chi connectivity index (χ0v) is 26.2. The SMILES string of the molecule is CCCN1C(=O)[C@H](CCCCNC(=O)OCc2ccccc2)NC(=O)C12CCN(C(=O)Nc1c(Cl)cc(Cl)cc1Cl)CC2. The summed E-state index contributed by atoms with van der Waals surface area (Å²) in [6.45, 7) is 3.54. The number of piperazine rings is 1. The lowest BCUT2D eigenvalue weighted by molar-refractivity contribution is -0.160. The van der Waals surface area contributed by atoms with E-state index in [1.807, 2.05) is 37.3 Å². The van der Waals surface area contributed by atoms with Crippen molar-refractivity contribution in [3.8, 4) is 0 Å². The van der Waals surface area contributed by atoms with Crippen LogP contribution in [0.1, 0.15) is 51.0 Å². The molecule has 232 valence electrons. The summed E-state index contributed by atoms with van der Waals surface area (Å²) in [4.78, 5) is 55.3. The van der Waals surface area contributed by atoms with Gasteiger partial charge < -0.3 is 30.5 Å². The number of carbonyl (C=O) groups excluding carboxylic acids is 4. The van der Waals surface area contributed by atoms with Crippen LogP contribution in [0.5, 0.6) is 0 Å². The fraction of sp³-hybridized carbons (Fsp3) is 0.467. The Labute approximate surface area is 266 Å². The van der Waals surface area contributed by atoms with Crippen molar-refractivity contribution in [2.24, 2.45) is 0 Å². The fourth-order valence-electron chi connectivity index (χ4n) is 5.48. The molecular formula is C30H36Cl3N5O5. The molecule has 0 radical (unpaired) electrons. The van der Waals surface area contributed by atoms with E-state index in [4.69, 9.17) is 39.5 Å². The van der Waals surface area contributed by atoms with Crippen molar-refractivity contribution < 1.29 is 23.9 Å². The maximum atomic E-state index is 13.6. The van der Waals surface area contributed by atoms with E-state index in [0.717, 1.165) is 5.56 Å².